The van der Waals surface area contributed by atoms with Crippen molar-refractivity contribution in [2.75, 3.05) is 4.90 Å². The second-order valence-corrected chi connectivity index (χ2v) is 14.0. The predicted molar refractivity (Wildman–Crippen MR) is 229 cm³/mol. The fraction of sp³-hybridized carbons (Fsp3) is 0. The van der Waals surface area contributed by atoms with Crippen LogP contribution in [0.15, 0.2) is 205 Å². The van der Waals surface area contributed by atoms with Crippen molar-refractivity contribution < 1.29 is 4.42 Å². The minimum Gasteiger partial charge on any atom is -0.455 e. The van der Waals surface area contributed by atoms with Gasteiger partial charge in [0.05, 0.1) is 11.4 Å². The molecule has 0 aliphatic heterocycles. The Labute approximate surface area is 312 Å². The van der Waals surface area contributed by atoms with Gasteiger partial charge in [-0.1, -0.05) is 164 Å². The van der Waals surface area contributed by atoms with Crippen molar-refractivity contribution in [1.29, 1.82) is 0 Å². The van der Waals surface area contributed by atoms with E-state index in [1.807, 2.05) is 0 Å². The standard InChI is InChI=1S/C52H33NO/c1-4-16-39-35(13-1)28-32-44-40(20-10-21-43(39)44)37-26-30-38(31-27-37)53(48-24-9-15-34-12-2-5-17-41(34)48)49-23-8-7-19-45(49)46-22-11-25-50-51(46)47-33-29-36-14-3-6-18-42(36)52(47)54-50/h1-33H. The van der Waals surface area contributed by atoms with E-state index in [1.165, 1.54) is 48.8 Å². The molecule has 0 aliphatic carbocycles. The lowest BCUT2D eigenvalue weighted by molar-refractivity contribution is 0.673. The van der Waals surface area contributed by atoms with Crippen molar-refractivity contribution >= 4 is 82.1 Å². The summed E-state index contributed by atoms with van der Waals surface area (Å²) in [6.07, 6.45) is 0. The molecule has 0 unspecified atom stereocenters. The molecule has 2 nitrogen and oxygen atoms in total. The summed E-state index contributed by atoms with van der Waals surface area (Å²) in [7, 11) is 0. The number of para-hydroxylation sites is 1. The molecule has 0 N–H and O–H groups in total. The zero-order valence-electron chi connectivity index (χ0n) is 29.4. The average Bonchev–Trinajstić information content (AvgIpc) is 3.64. The molecule has 252 valence electrons. The molecule has 1 heterocycles. The Bertz CT molecular complexity index is 3220. The lowest BCUT2D eigenvalue weighted by Crippen LogP contribution is -2.11. The molecule has 11 rings (SSSR count). The summed E-state index contributed by atoms with van der Waals surface area (Å²) in [5.74, 6) is 0. The summed E-state index contributed by atoms with van der Waals surface area (Å²) in [5, 5.41) is 12.0. The summed E-state index contributed by atoms with van der Waals surface area (Å²) in [5.41, 5.74) is 9.82. The highest BCUT2D eigenvalue weighted by Gasteiger charge is 2.22. The number of furan rings is 1. The van der Waals surface area contributed by atoms with Crippen LogP contribution in [0.25, 0.3) is 87.3 Å². The predicted octanol–water partition coefficient (Wildman–Crippen LogP) is 15.0. The molecular weight excluding hydrogens is 655 g/mol. The molecule has 0 aliphatic rings. The van der Waals surface area contributed by atoms with Crippen LogP contribution in [0.3, 0.4) is 0 Å². The van der Waals surface area contributed by atoms with E-state index in [4.69, 9.17) is 4.42 Å². The number of nitrogens with zero attached hydrogens (tertiary/aromatic N) is 1. The van der Waals surface area contributed by atoms with Gasteiger partial charge in [0.2, 0.25) is 0 Å². The second-order valence-electron chi connectivity index (χ2n) is 14.0. The lowest BCUT2D eigenvalue weighted by Gasteiger charge is -2.29. The highest BCUT2D eigenvalue weighted by Crippen LogP contribution is 2.47. The van der Waals surface area contributed by atoms with Gasteiger partial charge in [-0.25, -0.2) is 0 Å². The van der Waals surface area contributed by atoms with Crippen LogP contribution in [0.2, 0.25) is 0 Å². The number of fused-ring (bicyclic) bond motifs is 9. The molecule has 54 heavy (non-hydrogen) atoms. The maximum Gasteiger partial charge on any atom is 0.143 e. The maximum atomic E-state index is 6.65. The summed E-state index contributed by atoms with van der Waals surface area (Å²) in [4.78, 5) is 2.43. The first-order chi connectivity index (χ1) is 26.8. The van der Waals surface area contributed by atoms with E-state index < -0.39 is 0 Å². The smallest absolute Gasteiger partial charge is 0.143 e. The first kappa shape index (κ1) is 30.5. The van der Waals surface area contributed by atoms with Crippen LogP contribution in [0.5, 0.6) is 0 Å². The molecule has 0 amide bonds. The quantitative estimate of drug-likeness (QED) is 0.168. The average molecular weight is 688 g/mol. The molecule has 0 saturated heterocycles. The molecule has 0 spiro atoms. The van der Waals surface area contributed by atoms with Crippen LogP contribution in [0, 0.1) is 0 Å². The summed E-state index contributed by atoms with van der Waals surface area (Å²) in [6.45, 7) is 0. The van der Waals surface area contributed by atoms with E-state index in [-0.39, 0.29) is 0 Å². The van der Waals surface area contributed by atoms with Crippen LogP contribution >= 0.6 is 0 Å². The Hall–Kier alpha value is -7.16. The van der Waals surface area contributed by atoms with Crippen LogP contribution in [0.4, 0.5) is 17.1 Å². The van der Waals surface area contributed by atoms with Gasteiger partial charge in [0.1, 0.15) is 11.2 Å². The normalized spacial score (nSPS) is 11.7. The van der Waals surface area contributed by atoms with Gasteiger partial charge < -0.3 is 9.32 Å². The highest BCUT2D eigenvalue weighted by atomic mass is 16.3. The Kier molecular flexibility index (Phi) is 6.90. The van der Waals surface area contributed by atoms with Crippen molar-refractivity contribution in [3.8, 4) is 22.3 Å². The summed E-state index contributed by atoms with van der Waals surface area (Å²) >= 11 is 0. The first-order valence-corrected chi connectivity index (χ1v) is 18.5. The maximum absolute atomic E-state index is 6.65. The molecule has 0 saturated carbocycles. The number of hydrogen-bond donors (Lipinski definition) is 0. The summed E-state index contributed by atoms with van der Waals surface area (Å²) < 4.78 is 6.65. The van der Waals surface area contributed by atoms with E-state index in [9.17, 15) is 0 Å². The molecular formula is C52H33NO. The number of hydrogen-bond acceptors (Lipinski definition) is 2. The zero-order chi connectivity index (χ0) is 35.6. The van der Waals surface area contributed by atoms with E-state index in [1.54, 1.807) is 0 Å². The van der Waals surface area contributed by atoms with Gasteiger partial charge in [0.15, 0.2) is 0 Å². The Balaban J connectivity index is 1.12. The van der Waals surface area contributed by atoms with Gasteiger partial charge in [-0.05, 0) is 85.4 Å². The monoisotopic (exact) mass is 687 g/mol. The molecule has 0 radical (unpaired) electrons. The Morgan fingerprint density at radius 1 is 0.315 bits per heavy atom. The second kappa shape index (κ2) is 12.2. The van der Waals surface area contributed by atoms with Crippen molar-refractivity contribution in [2.24, 2.45) is 0 Å². The zero-order valence-corrected chi connectivity index (χ0v) is 29.4. The minimum absolute atomic E-state index is 0.887. The summed E-state index contributed by atoms with van der Waals surface area (Å²) in [6, 6.07) is 72.3. The van der Waals surface area contributed by atoms with Gasteiger partial charge in [0, 0.05) is 32.8 Å². The van der Waals surface area contributed by atoms with Crippen LogP contribution in [-0.4, -0.2) is 0 Å². The molecule has 1 aromatic heterocycles. The Morgan fingerprint density at radius 2 is 0.870 bits per heavy atom. The van der Waals surface area contributed by atoms with Crippen LogP contribution < -0.4 is 4.90 Å². The fourth-order valence-electron chi connectivity index (χ4n) is 8.57. The van der Waals surface area contributed by atoms with Crippen molar-refractivity contribution in [3.05, 3.63) is 200 Å². The number of benzene rings is 10. The third kappa shape index (κ3) is 4.74. The van der Waals surface area contributed by atoms with Gasteiger partial charge >= 0.3 is 0 Å². The molecule has 11 aromatic rings. The van der Waals surface area contributed by atoms with Crippen molar-refractivity contribution in [2.45, 2.75) is 0 Å². The minimum atomic E-state index is 0.887. The first-order valence-electron chi connectivity index (χ1n) is 18.5. The van der Waals surface area contributed by atoms with Crippen molar-refractivity contribution in [3.63, 3.8) is 0 Å². The third-order valence-corrected chi connectivity index (χ3v) is 11.1. The van der Waals surface area contributed by atoms with E-state index in [0.717, 1.165) is 55.5 Å². The van der Waals surface area contributed by atoms with Gasteiger partial charge in [0.25, 0.3) is 0 Å². The fourth-order valence-corrected chi connectivity index (χ4v) is 8.57. The number of rotatable bonds is 5. The van der Waals surface area contributed by atoms with Gasteiger partial charge in [-0.2, -0.15) is 0 Å². The molecule has 0 fully saturated rings. The topological polar surface area (TPSA) is 16.4 Å². The van der Waals surface area contributed by atoms with E-state index >= 15 is 0 Å². The lowest BCUT2D eigenvalue weighted by atomic mass is 9.94. The molecule has 0 bridgehead atoms. The van der Waals surface area contributed by atoms with Crippen LogP contribution in [0.1, 0.15) is 0 Å². The van der Waals surface area contributed by atoms with Crippen LogP contribution in [-0.2, 0) is 0 Å². The third-order valence-electron chi connectivity index (χ3n) is 11.1. The van der Waals surface area contributed by atoms with Crippen molar-refractivity contribution in [1.82, 2.24) is 0 Å². The molecule has 0 atom stereocenters. The number of anilines is 3. The van der Waals surface area contributed by atoms with Gasteiger partial charge in [-0.15, -0.1) is 0 Å². The SMILES string of the molecule is c1ccc(N(c2ccc(-c3cccc4c3ccc3ccccc34)cc2)c2cccc3ccccc23)c(-c2cccc3oc4c5ccccc5ccc4c23)c1. The van der Waals surface area contributed by atoms with E-state index in [0.29, 0.717) is 0 Å². The molecule has 2 heteroatoms. The highest BCUT2D eigenvalue weighted by molar-refractivity contribution is 6.20. The van der Waals surface area contributed by atoms with Gasteiger partial charge in [-0.3, -0.25) is 0 Å². The Morgan fingerprint density at radius 3 is 1.70 bits per heavy atom. The van der Waals surface area contributed by atoms with E-state index in [2.05, 4.69) is 205 Å². The largest absolute Gasteiger partial charge is 0.455 e. The molecule has 10 aromatic carbocycles.